The number of aromatic amines is 1. The molecule has 1 aromatic rings. The lowest BCUT2D eigenvalue weighted by atomic mass is 9.90. The van der Waals surface area contributed by atoms with Crippen molar-refractivity contribution in [2.75, 3.05) is 6.61 Å². The van der Waals surface area contributed by atoms with Gasteiger partial charge in [0.15, 0.2) is 0 Å². The van der Waals surface area contributed by atoms with Crippen molar-refractivity contribution >= 4 is 16.8 Å². The highest BCUT2D eigenvalue weighted by Crippen LogP contribution is 2.50. The van der Waals surface area contributed by atoms with Gasteiger partial charge in [0.05, 0.1) is 11.8 Å². The van der Waals surface area contributed by atoms with E-state index in [-0.39, 0.29) is 17.3 Å². The molecule has 0 aromatic carbocycles. The van der Waals surface area contributed by atoms with E-state index < -0.39 is 0 Å². The van der Waals surface area contributed by atoms with Crippen LogP contribution in [0.3, 0.4) is 0 Å². The van der Waals surface area contributed by atoms with E-state index in [0.29, 0.717) is 24.9 Å². The molecule has 2 atom stereocenters. The zero-order valence-corrected chi connectivity index (χ0v) is 12.2. The van der Waals surface area contributed by atoms with Crippen molar-refractivity contribution in [1.29, 1.82) is 0 Å². The van der Waals surface area contributed by atoms with Crippen LogP contribution in [0.15, 0.2) is 0 Å². The van der Waals surface area contributed by atoms with Crippen molar-refractivity contribution in [2.24, 2.45) is 5.92 Å². The Hall–Kier alpha value is -0.870. The Bertz CT molecular complexity index is 504. The van der Waals surface area contributed by atoms with E-state index in [9.17, 15) is 4.79 Å². The Morgan fingerprint density at radius 3 is 2.60 bits per heavy atom. The standard InChI is InChI=1S/C15H19ClN2O2/c16-15(19)10-5-6-20-11(7-10)12-13(8-1-2-8)17-18-14(12)9-3-4-9/h8-11H,1-7H2,(H,17,18). The van der Waals surface area contributed by atoms with Crippen LogP contribution in [0.25, 0.3) is 0 Å². The zero-order chi connectivity index (χ0) is 13.7. The first-order valence-corrected chi connectivity index (χ1v) is 8.01. The molecule has 0 spiro atoms. The largest absolute Gasteiger partial charge is 0.373 e. The molecule has 3 aliphatic rings. The monoisotopic (exact) mass is 294 g/mol. The fourth-order valence-corrected chi connectivity index (χ4v) is 3.47. The lowest BCUT2D eigenvalue weighted by Crippen LogP contribution is -2.24. The Morgan fingerprint density at radius 1 is 1.20 bits per heavy atom. The summed E-state index contributed by atoms with van der Waals surface area (Å²) in [6.45, 7) is 0.618. The number of H-pyrrole nitrogens is 1. The molecule has 20 heavy (non-hydrogen) atoms. The molecule has 1 N–H and O–H groups in total. The van der Waals surface area contributed by atoms with E-state index in [0.717, 1.165) is 6.42 Å². The fourth-order valence-electron chi connectivity index (χ4n) is 3.27. The van der Waals surface area contributed by atoms with Crippen molar-refractivity contribution in [2.45, 2.75) is 56.5 Å². The van der Waals surface area contributed by atoms with Gasteiger partial charge in [0, 0.05) is 35.6 Å². The van der Waals surface area contributed by atoms with Crippen LogP contribution in [-0.4, -0.2) is 22.0 Å². The van der Waals surface area contributed by atoms with Crippen LogP contribution in [0.4, 0.5) is 0 Å². The molecule has 5 heteroatoms. The van der Waals surface area contributed by atoms with Gasteiger partial charge in [-0.15, -0.1) is 0 Å². The molecule has 1 aliphatic heterocycles. The Labute approximate surface area is 123 Å². The molecule has 3 fully saturated rings. The maximum Gasteiger partial charge on any atom is 0.224 e. The van der Waals surface area contributed by atoms with Crippen LogP contribution >= 0.6 is 11.6 Å². The summed E-state index contributed by atoms with van der Waals surface area (Å²) < 4.78 is 5.97. The summed E-state index contributed by atoms with van der Waals surface area (Å²) in [5.74, 6) is 1.16. The highest BCUT2D eigenvalue weighted by molar-refractivity contribution is 6.63. The molecular formula is C15H19ClN2O2. The minimum absolute atomic E-state index is 0.00130. The minimum atomic E-state index is -0.220. The average Bonchev–Trinajstić information content (AvgIpc) is 3.37. The second-order valence-corrected chi connectivity index (χ2v) is 6.74. The summed E-state index contributed by atoms with van der Waals surface area (Å²) in [5.41, 5.74) is 3.72. The SMILES string of the molecule is O=C(Cl)C1CCOC(c2c(C3CC3)n[nH]c2C2CC2)C1. The Balaban J connectivity index is 1.65. The van der Waals surface area contributed by atoms with Gasteiger partial charge in [-0.1, -0.05) is 0 Å². The summed E-state index contributed by atoms with van der Waals surface area (Å²) in [6.07, 6.45) is 6.39. The third-order valence-electron chi connectivity index (χ3n) is 4.74. The van der Waals surface area contributed by atoms with E-state index in [2.05, 4.69) is 10.2 Å². The molecule has 0 bridgehead atoms. The van der Waals surface area contributed by atoms with Crippen molar-refractivity contribution in [3.63, 3.8) is 0 Å². The normalized spacial score (nSPS) is 30.4. The molecule has 2 unspecified atom stereocenters. The molecule has 0 radical (unpaired) electrons. The first kappa shape index (κ1) is 12.8. The number of nitrogens with one attached hydrogen (secondary N) is 1. The van der Waals surface area contributed by atoms with Gasteiger partial charge in [0.2, 0.25) is 5.24 Å². The average molecular weight is 295 g/mol. The highest BCUT2D eigenvalue weighted by Gasteiger charge is 2.40. The molecule has 2 saturated carbocycles. The number of rotatable bonds is 4. The lowest BCUT2D eigenvalue weighted by Gasteiger charge is -2.28. The number of hydrogen-bond acceptors (Lipinski definition) is 3. The third kappa shape index (κ3) is 2.29. The number of aromatic nitrogens is 2. The van der Waals surface area contributed by atoms with E-state index in [1.54, 1.807) is 0 Å². The molecular weight excluding hydrogens is 276 g/mol. The molecule has 4 rings (SSSR count). The number of carbonyl (C=O) groups excluding carboxylic acids is 1. The van der Waals surface area contributed by atoms with Gasteiger partial charge in [-0.3, -0.25) is 9.89 Å². The van der Waals surface area contributed by atoms with Crippen molar-refractivity contribution in [3.8, 4) is 0 Å². The van der Waals surface area contributed by atoms with Crippen LogP contribution < -0.4 is 0 Å². The number of hydrogen-bond donors (Lipinski definition) is 1. The zero-order valence-electron chi connectivity index (χ0n) is 11.4. The number of ether oxygens (including phenoxy) is 1. The van der Waals surface area contributed by atoms with Gasteiger partial charge >= 0.3 is 0 Å². The van der Waals surface area contributed by atoms with E-state index in [4.69, 9.17) is 16.3 Å². The Morgan fingerprint density at radius 2 is 1.95 bits per heavy atom. The molecule has 4 nitrogen and oxygen atoms in total. The van der Waals surface area contributed by atoms with Gasteiger partial charge in [0.1, 0.15) is 0 Å². The molecule has 2 aliphatic carbocycles. The predicted molar refractivity (Wildman–Crippen MR) is 74.8 cm³/mol. The predicted octanol–water partition coefficient (Wildman–Crippen LogP) is 3.40. The first-order valence-electron chi connectivity index (χ1n) is 7.63. The van der Waals surface area contributed by atoms with E-state index >= 15 is 0 Å². The summed E-state index contributed by atoms with van der Waals surface area (Å²) in [7, 11) is 0. The molecule has 0 amide bonds. The van der Waals surface area contributed by atoms with Gasteiger partial charge in [-0.05, 0) is 50.1 Å². The van der Waals surface area contributed by atoms with Gasteiger partial charge in [-0.2, -0.15) is 5.10 Å². The maximum absolute atomic E-state index is 11.5. The smallest absolute Gasteiger partial charge is 0.224 e. The van der Waals surface area contributed by atoms with Crippen molar-refractivity contribution in [1.82, 2.24) is 10.2 Å². The first-order chi connectivity index (χ1) is 9.74. The lowest BCUT2D eigenvalue weighted by molar-refractivity contribution is -0.120. The van der Waals surface area contributed by atoms with E-state index in [1.165, 1.54) is 42.6 Å². The number of nitrogens with zero attached hydrogens (tertiary/aromatic N) is 1. The second-order valence-electron chi connectivity index (χ2n) is 6.37. The topological polar surface area (TPSA) is 55.0 Å². The Kier molecular flexibility index (Phi) is 3.11. The second kappa shape index (κ2) is 4.85. The van der Waals surface area contributed by atoms with Gasteiger partial charge < -0.3 is 4.74 Å². The maximum atomic E-state index is 11.5. The molecule has 1 saturated heterocycles. The van der Waals surface area contributed by atoms with Gasteiger partial charge in [-0.25, -0.2) is 0 Å². The summed E-state index contributed by atoms with van der Waals surface area (Å²) in [5, 5.41) is 7.59. The quantitative estimate of drug-likeness (QED) is 0.866. The van der Waals surface area contributed by atoms with Gasteiger partial charge in [0.25, 0.3) is 0 Å². The summed E-state index contributed by atoms with van der Waals surface area (Å²) in [6, 6.07) is 0. The van der Waals surface area contributed by atoms with Crippen LogP contribution in [0, 0.1) is 5.92 Å². The highest BCUT2D eigenvalue weighted by atomic mass is 35.5. The van der Waals surface area contributed by atoms with Crippen molar-refractivity contribution < 1.29 is 9.53 Å². The molecule has 1 aromatic heterocycles. The number of carbonyl (C=O) groups is 1. The number of halogens is 1. The molecule has 2 heterocycles. The fraction of sp³-hybridized carbons (Fsp3) is 0.733. The summed E-state index contributed by atoms with van der Waals surface area (Å²) in [4.78, 5) is 11.5. The third-order valence-corrected chi connectivity index (χ3v) is 5.05. The van der Waals surface area contributed by atoms with Crippen LogP contribution in [-0.2, 0) is 9.53 Å². The summed E-state index contributed by atoms with van der Waals surface area (Å²) >= 11 is 5.69. The van der Waals surface area contributed by atoms with Crippen LogP contribution in [0.2, 0.25) is 0 Å². The van der Waals surface area contributed by atoms with Crippen LogP contribution in [0.1, 0.15) is 73.4 Å². The van der Waals surface area contributed by atoms with E-state index in [1.807, 2.05) is 0 Å². The minimum Gasteiger partial charge on any atom is -0.373 e. The van der Waals surface area contributed by atoms with Crippen LogP contribution in [0.5, 0.6) is 0 Å². The van der Waals surface area contributed by atoms with Crippen molar-refractivity contribution in [3.05, 3.63) is 17.0 Å². The molecule has 108 valence electrons.